The van der Waals surface area contributed by atoms with E-state index in [1.807, 2.05) is 30.1 Å². The molecule has 0 radical (unpaired) electrons. The summed E-state index contributed by atoms with van der Waals surface area (Å²) >= 11 is 1.48. The molecule has 0 aliphatic carbocycles. The van der Waals surface area contributed by atoms with Crippen LogP contribution < -0.4 is 15.1 Å². The highest BCUT2D eigenvalue weighted by atomic mass is 32.2. The SMILES string of the molecule is CCOC(=O)CC(=O)NC[C@@H](CN(C)c1ccc2c(c1)SCC(=O)N2C)OC=O. The van der Waals surface area contributed by atoms with Gasteiger partial charge in [-0.3, -0.25) is 19.2 Å². The number of hydrogen-bond acceptors (Lipinski definition) is 8. The molecule has 10 heteroatoms. The van der Waals surface area contributed by atoms with Gasteiger partial charge in [-0.25, -0.2) is 0 Å². The van der Waals surface area contributed by atoms with Gasteiger partial charge in [0.15, 0.2) is 0 Å². The average molecular weight is 423 g/mol. The van der Waals surface area contributed by atoms with Crippen LogP contribution in [0.1, 0.15) is 13.3 Å². The summed E-state index contributed by atoms with van der Waals surface area (Å²) in [4.78, 5) is 50.3. The Morgan fingerprint density at radius 2 is 2.17 bits per heavy atom. The number of carbonyl (C=O) groups is 4. The second-order valence-electron chi connectivity index (χ2n) is 6.41. The quantitative estimate of drug-likeness (QED) is 0.335. The third-order valence-corrected chi connectivity index (χ3v) is 5.36. The molecule has 2 amide bonds. The number of amides is 2. The summed E-state index contributed by atoms with van der Waals surface area (Å²) in [6.45, 7) is 2.60. The molecule has 1 atom stereocenters. The van der Waals surface area contributed by atoms with Crippen molar-refractivity contribution >= 4 is 47.4 Å². The maximum Gasteiger partial charge on any atom is 0.315 e. The minimum atomic E-state index is -0.606. The van der Waals surface area contributed by atoms with Crippen molar-refractivity contribution in [2.45, 2.75) is 24.3 Å². The van der Waals surface area contributed by atoms with Crippen LogP contribution in [-0.2, 0) is 28.7 Å². The molecule has 0 saturated carbocycles. The lowest BCUT2D eigenvalue weighted by Crippen LogP contribution is -2.41. The van der Waals surface area contributed by atoms with Crippen molar-refractivity contribution in [1.29, 1.82) is 0 Å². The monoisotopic (exact) mass is 423 g/mol. The molecule has 1 aliphatic rings. The van der Waals surface area contributed by atoms with Crippen LogP contribution in [-0.4, -0.2) is 69.9 Å². The molecular weight excluding hydrogens is 398 g/mol. The van der Waals surface area contributed by atoms with Gasteiger partial charge in [-0.05, 0) is 25.1 Å². The van der Waals surface area contributed by atoms with Crippen LogP contribution in [0.4, 0.5) is 11.4 Å². The van der Waals surface area contributed by atoms with Gasteiger partial charge >= 0.3 is 5.97 Å². The molecule has 2 rings (SSSR count). The molecule has 1 aromatic rings. The maximum atomic E-state index is 11.8. The minimum absolute atomic E-state index is 0.0570. The van der Waals surface area contributed by atoms with E-state index in [9.17, 15) is 19.2 Å². The van der Waals surface area contributed by atoms with E-state index in [2.05, 4.69) is 5.32 Å². The fraction of sp³-hybridized carbons (Fsp3) is 0.474. The van der Waals surface area contributed by atoms with Crippen LogP contribution in [0.2, 0.25) is 0 Å². The number of rotatable bonds is 10. The number of nitrogens with zero attached hydrogens (tertiary/aromatic N) is 2. The normalized spacial score (nSPS) is 13.9. The molecular formula is C19H25N3O6S. The fourth-order valence-electron chi connectivity index (χ4n) is 2.78. The van der Waals surface area contributed by atoms with Gasteiger partial charge in [-0.15, -0.1) is 11.8 Å². The first-order valence-corrected chi connectivity index (χ1v) is 10.1. The van der Waals surface area contributed by atoms with Gasteiger partial charge in [0.05, 0.1) is 31.1 Å². The Hall–Kier alpha value is -2.75. The Morgan fingerprint density at radius 3 is 2.86 bits per heavy atom. The van der Waals surface area contributed by atoms with E-state index < -0.39 is 18.0 Å². The third kappa shape index (κ3) is 6.38. The first-order valence-electron chi connectivity index (χ1n) is 9.11. The van der Waals surface area contributed by atoms with E-state index in [1.54, 1.807) is 18.9 Å². The number of anilines is 2. The molecule has 1 aliphatic heterocycles. The number of ether oxygens (including phenoxy) is 2. The van der Waals surface area contributed by atoms with Gasteiger partial charge in [0, 0.05) is 24.7 Å². The van der Waals surface area contributed by atoms with E-state index in [1.165, 1.54) is 11.8 Å². The number of thioether (sulfide) groups is 1. The number of benzene rings is 1. The molecule has 1 aromatic carbocycles. The highest BCUT2D eigenvalue weighted by molar-refractivity contribution is 8.00. The van der Waals surface area contributed by atoms with E-state index in [0.29, 0.717) is 18.8 Å². The van der Waals surface area contributed by atoms with Gasteiger partial charge < -0.3 is 24.6 Å². The second kappa shape index (κ2) is 10.7. The molecule has 0 fully saturated rings. The molecule has 1 heterocycles. The second-order valence-corrected chi connectivity index (χ2v) is 7.43. The average Bonchev–Trinajstić information content (AvgIpc) is 2.69. The lowest BCUT2D eigenvalue weighted by atomic mass is 10.2. The van der Waals surface area contributed by atoms with E-state index in [-0.39, 0.29) is 25.5 Å². The Bertz CT molecular complexity index is 772. The smallest absolute Gasteiger partial charge is 0.315 e. The molecule has 0 aromatic heterocycles. The zero-order valence-electron chi connectivity index (χ0n) is 16.7. The number of carbonyl (C=O) groups excluding carboxylic acids is 4. The van der Waals surface area contributed by atoms with Gasteiger partial charge in [0.1, 0.15) is 12.5 Å². The first kappa shape index (κ1) is 22.5. The Balaban J connectivity index is 1.96. The summed E-state index contributed by atoms with van der Waals surface area (Å²) in [6, 6.07) is 5.73. The first-order chi connectivity index (χ1) is 13.8. The molecule has 0 unspecified atom stereocenters. The van der Waals surface area contributed by atoms with Gasteiger partial charge in [-0.2, -0.15) is 0 Å². The van der Waals surface area contributed by atoms with Crippen molar-refractivity contribution in [3.05, 3.63) is 18.2 Å². The van der Waals surface area contributed by atoms with Crippen LogP contribution in [0.25, 0.3) is 0 Å². The fourth-order valence-corrected chi connectivity index (χ4v) is 3.81. The summed E-state index contributed by atoms with van der Waals surface area (Å²) in [6.07, 6.45) is -0.984. The lowest BCUT2D eigenvalue weighted by Gasteiger charge is -2.29. The number of nitrogens with one attached hydrogen (secondary N) is 1. The Kier molecular flexibility index (Phi) is 8.32. The summed E-state index contributed by atoms with van der Waals surface area (Å²) in [5.41, 5.74) is 1.74. The molecule has 0 bridgehead atoms. The molecule has 9 nitrogen and oxygen atoms in total. The Morgan fingerprint density at radius 1 is 1.41 bits per heavy atom. The van der Waals surface area contributed by atoms with Crippen LogP contribution >= 0.6 is 11.8 Å². The summed E-state index contributed by atoms with van der Waals surface area (Å²) in [7, 11) is 3.59. The van der Waals surface area contributed by atoms with Gasteiger partial charge in [0.25, 0.3) is 6.47 Å². The summed E-state index contributed by atoms with van der Waals surface area (Å²) in [5.74, 6) is -0.657. The van der Waals surface area contributed by atoms with Crippen molar-refractivity contribution in [1.82, 2.24) is 5.32 Å². The lowest BCUT2D eigenvalue weighted by molar-refractivity contribution is -0.146. The van der Waals surface area contributed by atoms with Crippen LogP contribution in [0.15, 0.2) is 23.1 Å². The number of hydrogen-bond donors (Lipinski definition) is 1. The van der Waals surface area contributed by atoms with Crippen LogP contribution in [0.5, 0.6) is 0 Å². The van der Waals surface area contributed by atoms with Crippen molar-refractivity contribution < 1.29 is 28.7 Å². The van der Waals surface area contributed by atoms with Crippen molar-refractivity contribution in [2.24, 2.45) is 0 Å². The zero-order valence-corrected chi connectivity index (χ0v) is 17.5. The van der Waals surface area contributed by atoms with E-state index >= 15 is 0 Å². The molecule has 0 saturated heterocycles. The molecule has 0 spiro atoms. The van der Waals surface area contributed by atoms with Gasteiger partial charge in [0.2, 0.25) is 11.8 Å². The van der Waals surface area contributed by atoms with Crippen molar-refractivity contribution in [3.63, 3.8) is 0 Å². The number of likely N-dealkylation sites (N-methyl/N-ethyl adjacent to an activating group) is 1. The number of esters is 1. The minimum Gasteiger partial charge on any atom is -0.466 e. The summed E-state index contributed by atoms with van der Waals surface area (Å²) in [5, 5.41) is 2.58. The maximum absolute atomic E-state index is 11.8. The predicted octanol–water partition coefficient (Wildman–Crippen LogP) is 0.802. The van der Waals surface area contributed by atoms with Crippen LogP contribution in [0.3, 0.4) is 0 Å². The zero-order chi connectivity index (χ0) is 21.4. The highest BCUT2D eigenvalue weighted by Gasteiger charge is 2.23. The van der Waals surface area contributed by atoms with Gasteiger partial charge in [-0.1, -0.05) is 0 Å². The molecule has 1 N–H and O–H groups in total. The molecule has 29 heavy (non-hydrogen) atoms. The van der Waals surface area contributed by atoms with Crippen LogP contribution in [0, 0.1) is 0 Å². The van der Waals surface area contributed by atoms with Crippen molar-refractivity contribution in [2.75, 3.05) is 49.3 Å². The standard InChI is InChI=1S/C19H25N3O6S/c1-4-27-19(26)8-17(24)20-9-14(28-12-23)10-21(2)13-5-6-15-16(7-13)29-11-18(25)22(15)3/h5-7,12,14H,4,8-11H2,1-3H3,(H,20,24)/t14-/m0/s1. The van der Waals surface area contributed by atoms with Crippen molar-refractivity contribution in [3.8, 4) is 0 Å². The Labute approximate surface area is 173 Å². The summed E-state index contributed by atoms with van der Waals surface area (Å²) < 4.78 is 9.80. The highest BCUT2D eigenvalue weighted by Crippen LogP contribution is 2.37. The predicted molar refractivity (Wildman–Crippen MR) is 109 cm³/mol. The largest absolute Gasteiger partial charge is 0.466 e. The third-order valence-electron chi connectivity index (χ3n) is 4.33. The van der Waals surface area contributed by atoms with E-state index in [4.69, 9.17) is 9.47 Å². The topological polar surface area (TPSA) is 105 Å². The number of fused-ring (bicyclic) bond motifs is 1. The molecule has 158 valence electrons. The van der Waals surface area contributed by atoms with E-state index in [0.717, 1.165) is 16.3 Å².